The number of aromatic amines is 1. The second kappa shape index (κ2) is 10.9. The second-order valence-corrected chi connectivity index (χ2v) is 9.19. The van der Waals surface area contributed by atoms with E-state index in [0.717, 1.165) is 5.56 Å². The van der Waals surface area contributed by atoms with E-state index in [1.165, 1.54) is 24.3 Å². The first kappa shape index (κ1) is 25.4. The van der Waals surface area contributed by atoms with Crippen molar-refractivity contribution in [3.8, 4) is 11.5 Å². The molecule has 4 rings (SSSR count). The Morgan fingerprint density at radius 3 is 2.53 bits per heavy atom. The number of aromatic hydroxyl groups is 1. The molecule has 1 unspecified atom stereocenters. The minimum absolute atomic E-state index is 0.0457. The lowest BCUT2D eigenvalue weighted by Gasteiger charge is -2.19. The number of aromatic nitrogens is 1. The summed E-state index contributed by atoms with van der Waals surface area (Å²) in [7, 11) is 0. The predicted molar refractivity (Wildman–Crippen MR) is 136 cm³/mol. The molecule has 1 heterocycles. The monoisotopic (exact) mass is 493 g/mol. The number of benzene rings is 3. The molecule has 0 saturated carbocycles. The molecular weight excluding hydrogens is 464 g/mol. The van der Waals surface area contributed by atoms with E-state index in [1.807, 2.05) is 6.07 Å². The van der Waals surface area contributed by atoms with Crippen LogP contribution in [-0.2, 0) is 12.3 Å². The number of H-pyrrole nitrogens is 1. The van der Waals surface area contributed by atoms with Crippen LogP contribution in [0.1, 0.15) is 42.6 Å². The number of phenolic OH excluding ortho intramolecular Hbond substituents is 1. The van der Waals surface area contributed by atoms with Crippen LogP contribution in [0.2, 0.25) is 0 Å². The number of fused-ring (bicyclic) bond motifs is 1. The van der Waals surface area contributed by atoms with Crippen LogP contribution in [0.4, 0.5) is 8.78 Å². The van der Waals surface area contributed by atoms with Crippen molar-refractivity contribution >= 4 is 10.9 Å². The molecule has 3 N–H and O–H groups in total. The van der Waals surface area contributed by atoms with Crippen LogP contribution in [0.25, 0.3) is 10.9 Å². The zero-order valence-electron chi connectivity index (χ0n) is 20.0. The minimum Gasteiger partial charge on any atom is -0.506 e. The summed E-state index contributed by atoms with van der Waals surface area (Å²) < 4.78 is 34.3. The molecule has 2 atom stereocenters. The number of phenols is 1. The predicted octanol–water partition coefficient (Wildman–Crippen LogP) is 6.10. The number of rotatable bonds is 10. The Balaban J connectivity index is 1.34. The number of ether oxygens (including phenoxy) is 1. The van der Waals surface area contributed by atoms with Crippen molar-refractivity contribution in [1.29, 1.82) is 0 Å². The van der Waals surface area contributed by atoms with Gasteiger partial charge in [-0.05, 0) is 60.6 Å². The highest BCUT2D eigenvalue weighted by molar-refractivity contribution is 5.87. The summed E-state index contributed by atoms with van der Waals surface area (Å²) in [5.41, 5.74) is 1.50. The van der Waals surface area contributed by atoms with Gasteiger partial charge in [-0.25, -0.2) is 0 Å². The molecule has 7 heteroatoms. The van der Waals surface area contributed by atoms with E-state index >= 15 is 0 Å². The van der Waals surface area contributed by atoms with Gasteiger partial charge in [-0.15, -0.1) is 0 Å². The van der Waals surface area contributed by atoms with Gasteiger partial charge >= 0.3 is 5.92 Å². The standard InChI is InChI=1S/C29H29F2NO4/c1-19(10-13-25(33)23-11-14-26(34)28-24(23)12-15-27(35)32-28)16-20-6-5-9-22(17-20)36-18-29(30,31)21-7-3-2-4-8-21/h2-9,11-12,14-15,17,19,25,33-34H,10,13,16,18H2,1H3,(H,32,35)/t19?,25-/m0/s1. The number of aliphatic hydroxyl groups excluding tert-OH is 1. The third kappa shape index (κ3) is 6.10. The zero-order chi connectivity index (χ0) is 25.7. The van der Waals surface area contributed by atoms with Gasteiger partial charge in [-0.1, -0.05) is 55.5 Å². The fourth-order valence-electron chi connectivity index (χ4n) is 4.35. The summed E-state index contributed by atoms with van der Waals surface area (Å²) in [6.45, 7) is 1.32. The Hall–Kier alpha value is -3.71. The van der Waals surface area contributed by atoms with Crippen molar-refractivity contribution in [2.45, 2.75) is 38.2 Å². The Bertz CT molecular complexity index is 1370. The molecule has 0 aliphatic rings. The average molecular weight is 494 g/mol. The van der Waals surface area contributed by atoms with Gasteiger partial charge in [0.05, 0.1) is 11.6 Å². The molecule has 0 saturated heterocycles. The second-order valence-electron chi connectivity index (χ2n) is 9.19. The molecule has 0 radical (unpaired) electrons. The highest BCUT2D eigenvalue weighted by Gasteiger charge is 2.32. The van der Waals surface area contributed by atoms with Gasteiger partial charge in [0.15, 0.2) is 6.61 Å². The maximum absolute atomic E-state index is 14.4. The van der Waals surface area contributed by atoms with E-state index < -0.39 is 18.6 Å². The fourth-order valence-corrected chi connectivity index (χ4v) is 4.35. The van der Waals surface area contributed by atoms with Crippen molar-refractivity contribution in [3.05, 3.63) is 106 Å². The van der Waals surface area contributed by atoms with E-state index in [9.17, 15) is 23.8 Å². The molecule has 36 heavy (non-hydrogen) atoms. The smallest absolute Gasteiger partial charge is 0.306 e. The Kier molecular flexibility index (Phi) is 7.70. The first-order valence-electron chi connectivity index (χ1n) is 11.9. The van der Waals surface area contributed by atoms with Crippen molar-refractivity contribution < 1.29 is 23.7 Å². The van der Waals surface area contributed by atoms with Gasteiger partial charge in [0.25, 0.3) is 0 Å². The summed E-state index contributed by atoms with van der Waals surface area (Å²) >= 11 is 0. The molecule has 0 aliphatic carbocycles. The molecule has 0 amide bonds. The average Bonchev–Trinajstić information content (AvgIpc) is 2.87. The number of aliphatic hydroxyl groups is 1. The first-order valence-corrected chi connectivity index (χ1v) is 11.9. The van der Waals surface area contributed by atoms with Crippen molar-refractivity contribution in [2.75, 3.05) is 6.61 Å². The number of nitrogens with one attached hydrogen (secondary N) is 1. The summed E-state index contributed by atoms with van der Waals surface area (Å²) in [4.78, 5) is 14.2. The molecule has 1 aromatic heterocycles. The van der Waals surface area contributed by atoms with Crippen molar-refractivity contribution in [3.63, 3.8) is 0 Å². The molecular formula is C29H29F2NO4. The summed E-state index contributed by atoms with van der Waals surface area (Å²) in [5, 5.41) is 21.5. The minimum atomic E-state index is -3.09. The van der Waals surface area contributed by atoms with Gasteiger partial charge in [-0.2, -0.15) is 8.78 Å². The highest BCUT2D eigenvalue weighted by Crippen LogP contribution is 2.32. The quantitative estimate of drug-likeness (QED) is 0.249. The van der Waals surface area contributed by atoms with E-state index in [-0.39, 0.29) is 22.8 Å². The first-order chi connectivity index (χ1) is 17.2. The van der Waals surface area contributed by atoms with Crippen LogP contribution in [0, 0.1) is 5.92 Å². The largest absolute Gasteiger partial charge is 0.506 e. The number of hydrogen-bond donors (Lipinski definition) is 3. The van der Waals surface area contributed by atoms with Gasteiger partial charge < -0.3 is 19.9 Å². The number of hydrogen-bond acceptors (Lipinski definition) is 4. The van der Waals surface area contributed by atoms with Crippen LogP contribution >= 0.6 is 0 Å². The molecule has 3 aromatic carbocycles. The maximum Gasteiger partial charge on any atom is 0.306 e. The molecule has 188 valence electrons. The van der Waals surface area contributed by atoms with Crippen molar-refractivity contribution in [1.82, 2.24) is 4.98 Å². The zero-order valence-corrected chi connectivity index (χ0v) is 20.0. The molecule has 0 spiro atoms. The molecule has 0 aliphatic heterocycles. The Morgan fingerprint density at radius 2 is 1.75 bits per heavy atom. The van der Waals surface area contributed by atoms with Crippen LogP contribution < -0.4 is 10.3 Å². The van der Waals surface area contributed by atoms with Gasteiger partial charge in [0, 0.05) is 17.0 Å². The van der Waals surface area contributed by atoms with Crippen LogP contribution in [-0.4, -0.2) is 21.8 Å². The van der Waals surface area contributed by atoms with E-state index in [4.69, 9.17) is 4.74 Å². The summed E-state index contributed by atoms with van der Waals surface area (Å²) in [5.74, 6) is -2.54. The number of halogens is 2. The third-order valence-corrected chi connectivity index (χ3v) is 6.30. The highest BCUT2D eigenvalue weighted by atomic mass is 19.3. The number of pyridine rings is 1. The normalized spacial score (nSPS) is 13.4. The van der Waals surface area contributed by atoms with Gasteiger partial charge in [0.1, 0.15) is 11.5 Å². The molecule has 0 bridgehead atoms. The lowest BCUT2D eigenvalue weighted by Crippen LogP contribution is -2.23. The fraction of sp³-hybridized carbons (Fsp3) is 0.276. The molecule has 4 aromatic rings. The SMILES string of the molecule is CC(CC[C@H](O)c1ccc(O)c2[nH]c(=O)ccc12)Cc1cccc(OCC(F)(F)c2ccccc2)c1. The molecule has 0 fully saturated rings. The topological polar surface area (TPSA) is 82.5 Å². The van der Waals surface area contributed by atoms with Crippen LogP contribution in [0.3, 0.4) is 0 Å². The maximum atomic E-state index is 14.4. The third-order valence-electron chi connectivity index (χ3n) is 6.30. The summed E-state index contributed by atoms with van der Waals surface area (Å²) in [6, 6.07) is 20.9. The van der Waals surface area contributed by atoms with E-state index in [0.29, 0.717) is 41.5 Å². The van der Waals surface area contributed by atoms with Gasteiger partial charge in [-0.3, -0.25) is 4.79 Å². The van der Waals surface area contributed by atoms with E-state index in [2.05, 4.69) is 11.9 Å². The van der Waals surface area contributed by atoms with Crippen LogP contribution in [0.5, 0.6) is 11.5 Å². The van der Waals surface area contributed by atoms with Crippen LogP contribution in [0.15, 0.2) is 83.7 Å². The van der Waals surface area contributed by atoms with E-state index in [1.54, 1.807) is 48.5 Å². The molecule has 5 nitrogen and oxygen atoms in total. The lowest BCUT2D eigenvalue weighted by atomic mass is 9.92. The van der Waals surface area contributed by atoms with Crippen molar-refractivity contribution in [2.24, 2.45) is 5.92 Å². The Morgan fingerprint density at radius 1 is 0.972 bits per heavy atom. The lowest BCUT2D eigenvalue weighted by molar-refractivity contribution is -0.0467. The Labute approximate surface area is 208 Å². The number of alkyl halides is 2. The summed E-state index contributed by atoms with van der Waals surface area (Å²) in [6.07, 6.45) is 1.13. The van der Waals surface area contributed by atoms with Gasteiger partial charge in [0.2, 0.25) is 5.56 Å².